The summed E-state index contributed by atoms with van der Waals surface area (Å²) in [5.41, 5.74) is 6.87. The molecule has 1 heterocycles. The van der Waals surface area contributed by atoms with Crippen LogP contribution in [0, 0.1) is 27.7 Å². The topological polar surface area (TPSA) is 70.0 Å². The number of anilines is 1. The number of carboxylic acids is 1. The molecular formula is C27H24N2O3S. The SMILES string of the molecule is Cc1cc(C)cc(N=C2S/C(=C/c3ccc(C(=O)O)cc3)C(=O)N2c2cc(C)cc(C)c2)c1. The molecule has 4 rings (SSSR count). The summed E-state index contributed by atoms with van der Waals surface area (Å²) in [6.45, 7) is 8.06. The molecule has 1 fully saturated rings. The van der Waals surface area contributed by atoms with E-state index in [1.54, 1.807) is 23.1 Å². The molecule has 3 aromatic carbocycles. The Labute approximate surface area is 197 Å². The van der Waals surface area contributed by atoms with E-state index in [-0.39, 0.29) is 11.5 Å². The molecule has 0 radical (unpaired) electrons. The van der Waals surface area contributed by atoms with Crippen LogP contribution in [0.4, 0.5) is 11.4 Å². The van der Waals surface area contributed by atoms with Crippen LogP contribution in [0.25, 0.3) is 6.08 Å². The van der Waals surface area contributed by atoms with E-state index in [2.05, 4.69) is 12.1 Å². The Bertz CT molecular complexity index is 1280. The number of carbonyl (C=O) groups is 2. The van der Waals surface area contributed by atoms with E-state index >= 15 is 0 Å². The summed E-state index contributed by atoms with van der Waals surface area (Å²) in [6.07, 6.45) is 1.78. The standard InChI is InChI=1S/C27H24N2O3S/c1-16-9-17(2)12-22(11-16)28-27-29(23-13-18(3)10-19(4)14-23)25(30)24(33-27)15-20-5-7-21(8-6-20)26(31)32/h5-15H,1-4H3,(H,31,32)/b24-15+,28-27?. The lowest BCUT2D eigenvalue weighted by Crippen LogP contribution is -2.28. The number of amidine groups is 1. The van der Waals surface area contributed by atoms with Gasteiger partial charge in [0.2, 0.25) is 0 Å². The fraction of sp³-hybridized carbons (Fsp3) is 0.148. The zero-order chi connectivity index (χ0) is 23.7. The van der Waals surface area contributed by atoms with Gasteiger partial charge >= 0.3 is 5.97 Å². The molecule has 0 unspecified atom stereocenters. The highest BCUT2D eigenvalue weighted by atomic mass is 32.2. The van der Waals surface area contributed by atoms with E-state index in [4.69, 9.17) is 10.1 Å². The summed E-state index contributed by atoms with van der Waals surface area (Å²) >= 11 is 1.32. The summed E-state index contributed by atoms with van der Waals surface area (Å²) < 4.78 is 0. The first-order chi connectivity index (χ1) is 15.7. The highest BCUT2D eigenvalue weighted by Gasteiger charge is 2.35. The fourth-order valence-corrected chi connectivity index (χ4v) is 4.86. The predicted molar refractivity (Wildman–Crippen MR) is 135 cm³/mol. The number of aliphatic imine (C=N–C) groups is 1. The van der Waals surface area contributed by atoms with E-state index in [9.17, 15) is 9.59 Å². The molecule has 33 heavy (non-hydrogen) atoms. The van der Waals surface area contributed by atoms with Crippen molar-refractivity contribution in [1.29, 1.82) is 0 Å². The van der Waals surface area contributed by atoms with Crippen molar-refractivity contribution in [3.05, 3.63) is 98.9 Å². The molecule has 3 aromatic rings. The van der Waals surface area contributed by atoms with Gasteiger partial charge < -0.3 is 5.11 Å². The third-order valence-electron chi connectivity index (χ3n) is 5.16. The Morgan fingerprint density at radius 1 is 0.879 bits per heavy atom. The Kier molecular flexibility index (Phi) is 6.20. The fourth-order valence-electron chi connectivity index (χ4n) is 3.86. The number of rotatable bonds is 4. The number of aryl methyl sites for hydroxylation is 4. The summed E-state index contributed by atoms with van der Waals surface area (Å²) in [7, 11) is 0. The van der Waals surface area contributed by atoms with Crippen molar-refractivity contribution >= 4 is 46.3 Å². The molecule has 1 N–H and O–H groups in total. The molecule has 0 spiro atoms. The van der Waals surface area contributed by atoms with Gasteiger partial charge in [0.25, 0.3) is 5.91 Å². The van der Waals surface area contributed by atoms with Gasteiger partial charge in [0, 0.05) is 0 Å². The Morgan fingerprint density at radius 3 is 1.97 bits per heavy atom. The first-order valence-electron chi connectivity index (χ1n) is 10.5. The Morgan fingerprint density at radius 2 is 1.42 bits per heavy atom. The van der Waals surface area contributed by atoms with Crippen LogP contribution >= 0.6 is 11.8 Å². The number of nitrogens with zero attached hydrogens (tertiary/aromatic N) is 2. The van der Waals surface area contributed by atoms with Crippen molar-refractivity contribution in [3.8, 4) is 0 Å². The van der Waals surface area contributed by atoms with Crippen LogP contribution in [0.15, 0.2) is 70.6 Å². The molecule has 6 heteroatoms. The average Bonchev–Trinajstić information content (AvgIpc) is 3.01. The third kappa shape index (κ3) is 5.07. The predicted octanol–water partition coefficient (Wildman–Crippen LogP) is 6.43. The second-order valence-corrected chi connectivity index (χ2v) is 9.27. The van der Waals surface area contributed by atoms with Gasteiger partial charge in [0.15, 0.2) is 5.17 Å². The second-order valence-electron chi connectivity index (χ2n) is 8.26. The molecule has 0 bridgehead atoms. The van der Waals surface area contributed by atoms with Gasteiger partial charge in [0.05, 0.1) is 21.8 Å². The summed E-state index contributed by atoms with van der Waals surface area (Å²) in [5.74, 6) is -1.14. The molecule has 5 nitrogen and oxygen atoms in total. The van der Waals surface area contributed by atoms with Crippen molar-refractivity contribution in [2.75, 3.05) is 4.90 Å². The van der Waals surface area contributed by atoms with Crippen LogP contribution in [-0.2, 0) is 4.79 Å². The van der Waals surface area contributed by atoms with Gasteiger partial charge in [-0.1, -0.05) is 24.3 Å². The molecule has 1 amide bonds. The lowest BCUT2D eigenvalue weighted by molar-refractivity contribution is -0.113. The van der Waals surface area contributed by atoms with Crippen LogP contribution in [0.3, 0.4) is 0 Å². The highest BCUT2D eigenvalue weighted by molar-refractivity contribution is 8.19. The lowest BCUT2D eigenvalue weighted by atomic mass is 10.1. The Balaban J connectivity index is 1.79. The maximum Gasteiger partial charge on any atom is 0.335 e. The summed E-state index contributed by atoms with van der Waals surface area (Å²) in [4.78, 5) is 31.7. The van der Waals surface area contributed by atoms with Crippen molar-refractivity contribution in [2.45, 2.75) is 27.7 Å². The third-order valence-corrected chi connectivity index (χ3v) is 6.13. The number of benzene rings is 3. The van der Waals surface area contributed by atoms with Gasteiger partial charge in [0.1, 0.15) is 0 Å². The minimum absolute atomic E-state index is 0.157. The minimum Gasteiger partial charge on any atom is -0.478 e. The average molecular weight is 457 g/mol. The van der Waals surface area contributed by atoms with Gasteiger partial charge in [-0.2, -0.15) is 0 Å². The summed E-state index contributed by atoms with van der Waals surface area (Å²) in [5, 5.41) is 9.71. The van der Waals surface area contributed by atoms with Gasteiger partial charge in [-0.25, -0.2) is 9.79 Å². The van der Waals surface area contributed by atoms with Crippen LogP contribution in [-0.4, -0.2) is 22.2 Å². The molecular weight excluding hydrogens is 432 g/mol. The molecule has 1 aliphatic heterocycles. The lowest BCUT2D eigenvalue weighted by Gasteiger charge is -2.17. The first kappa shape index (κ1) is 22.6. The zero-order valence-electron chi connectivity index (χ0n) is 18.9. The maximum atomic E-state index is 13.5. The van der Waals surface area contributed by atoms with Crippen molar-refractivity contribution in [2.24, 2.45) is 4.99 Å². The van der Waals surface area contributed by atoms with Crippen LogP contribution in [0.2, 0.25) is 0 Å². The number of amides is 1. The number of hydrogen-bond acceptors (Lipinski definition) is 4. The van der Waals surface area contributed by atoms with Gasteiger partial charge in [-0.05, 0) is 110 Å². The highest BCUT2D eigenvalue weighted by Crippen LogP contribution is 2.38. The van der Waals surface area contributed by atoms with Crippen molar-refractivity contribution in [3.63, 3.8) is 0 Å². The molecule has 1 aliphatic rings. The molecule has 1 saturated heterocycles. The van der Waals surface area contributed by atoms with E-state index in [0.717, 1.165) is 39.2 Å². The van der Waals surface area contributed by atoms with Gasteiger partial charge in [-0.3, -0.25) is 9.69 Å². The number of carboxylic acid groups (broad SMARTS) is 1. The van der Waals surface area contributed by atoms with E-state index in [1.165, 1.54) is 23.9 Å². The quantitative estimate of drug-likeness (QED) is 0.460. The zero-order valence-corrected chi connectivity index (χ0v) is 19.7. The molecule has 0 aromatic heterocycles. The monoisotopic (exact) mass is 456 g/mol. The molecule has 0 atom stereocenters. The summed E-state index contributed by atoms with van der Waals surface area (Å²) in [6, 6.07) is 18.6. The van der Waals surface area contributed by atoms with Crippen molar-refractivity contribution < 1.29 is 14.7 Å². The Hall–Kier alpha value is -3.64. The normalized spacial score (nSPS) is 16.1. The number of hydrogen-bond donors (Lipinski definition) is 1. The van der Waals surface area contributed by atoms with Gasteiger partial charge in [-0.15, -0.1) is 0 Å². The second kappa shape index (κ2) is 9.08. The van der Waals surface area contributed by atoms with Crippen LogP contribution in [0.1, 0.15) is 38.2 Å². The smallest absolute Gasteiger partial charge is 0.335 e. The first-order valence-corrected chi connectivity index (χ1v) is 11.3. The van der Waals surface area contributed by atoms with Crippen molar-refractivity contribution in [1.82, 2.24) is 0 Å². The minimum atomic E-state index is -0.982. The van der Waals surface area contributed by atoms with E-state index in [0.29, 0.717) is 10.1 Å². The molecule has 0 saturated carbocycles. The molecule has 166 valence electrons. The van der Waals surface area contributed by atoms with Crippen LogP contribution < -0.4 is 4.90 Å². The number of thioether (sulfide) groups is 1. The molecule has 0 aliphatic carbocycles. The van der Waals surface area contributed by atoms with E-state index < -0.39 is 5.97 Å². The maximum absolute atomic E-state index is 13.5. The van der Waals surface area contributed by atoms with Crippen LogP contribution in [0.5, 0.6) is 0 Å². The number of carbonyl (C=O) groups excluding carboxylic acids is 1. The largest absolute Gasteiger partial charge is 0.478 e. The number of aromatic carboxylic acids is 1. The van der Waals surface area contributed by atoms with E-state index in [1.807, 2.05) is 52.0 Å².